The fourth-order valence-electron chi connectivity index (χ4n) is 4.65. The quantitative estimate of drug-likeness (QED) is 0.661. The fourth-order valence-corrected chi connectivity index (χ4v) is 4.65. The molecule has 5 nitrogen and oxygen atoms in total. The second-order valence-corrected chi connectivity index (χ2v) is 7.86. The molecule has 1 aliphatic heterocycles. The van der Waals surface area contributed by atoms with E-state index in [1.165, 1.54) is 13.2 Å². The number of rotatable bonds is 4. The van der Waals surface area contributed by atoms with E-state index < -0.39 is 0 Å². The van der Waals surface area contributed by atoms with Crippen molar-refractivity contribution in [2.24, 2.45) is 23.7 Å². The minimum Gasteiger partial charge on any atom is -0.504 e. The summed E-state index contributed by atoms with van der Waals surface area (Å²) >= 11 is 0. The number of carbonyl (C=O) groups excluding carboxylic acids is 1. The van der Waals surface area contributed by atoms with Gasteiger partial charge in [0.15, 0.2) is 11.5 Å². The summed E-state index contributed by atoms with van der Waals surface area (Å²) in [6.45, 7) is 6.73. The highest BCUT2D eigenvalue weighted by Crippen LogP contribution is 2.45. The molecule has 0 aromatic heterocycles. The highest BCUT2D eigenvalue weighted by atomic mass is 16.5. The van der Waals surface area contributed by atoms with Gasteiger partial charge in [0.1, 0.15) is 6.10 Å². The molecule has 0 unspecified atom stereocenters. The van der Waals surface area contributed by atoms with E-state index in [4.69, 9.17) is 9.47 Å². The van der Waals surface area contributed by atoms with Crippen LogP contribution in [0.2, 0.25) is 0 Å². The van der Waals surface area contributed by atoms with E-state index in [0.717, 1.165) is 25.1 Å². The maximum absolute atomic E-state index is 12.3. The van der Waals surface area contributed by atoms with Gasteiger partial charge in [0.25, 0.3) is 0 Å². The van der Waals surface area contributed by atoms with Crippen molar-refractivity contribution in [2.75, 3.05) is 27.2 Å². The van der Waals surface area contributed by atoms with Crippen LogP contribution in [0.5, 0.6) is 11.5 Å². The second-order valence-electron chi connectivity index (χ2n) is 7.86. The number of nitrogens with zero attached hydrogens (tertiary/aromatic N) is 1. The molecule has 5 heteroatoms. The second kappa shape index (κ2) is 7.70. The molecule has 0 bridgehead atoms. The largest absolute Gasteiger partial charge is 0.504 e. The van der Waals surface area contributed by atoms with Crippen molar-refractivity contribution in [3.8, 4) is 11.5 Å². The summed E-state index contributed by atoms with van der Waals surface area (Å²) in [7, 11) is 3.67. The number of fused-ring (bicyclic) bond motifs is 1. The molecule has 1 aliphatic carbocycles. The van der Waals surface area contributed by atoms with Gasteiger partial charge in [-0.2, -0.15) is 0 Å². The summed E-state index contributed by atoms with van der Waals surface area (Å²) < 4.78 is 10.9. The maximum atomic E-state index is 12.3. The number of carbonyl (C=O) groups is 1. The van der Waals surface area contributed by atoms with E-state index in [0.29, 0.717) is 29.4 Å². The SMILES string of the molecule is COc1cc(/C=C/C(=O)O[C@H]2C[C@H]3[C@@H](CN(C)C[C@H]3C)[C@H]2C)ccc1O. The summed E-state index contributed by atoms with van der Waals surface area (Å²) in [5.74, 6) is 2.42. The number of esters is 1. The topological polar surface area (TPSA) is 59.0 Å². The molecule has 2 aliphatic rings. The van der Waals surface area contributed by atoms with Crippen molar-refractivity contribution in [3.63, 3.8) is 0 Å². The van der Waals surface area contributed by atoms with E-state index in [1.807, 2.05) is 0 Å². The molecule has 1 saturated carbocycles. The predicted octanol–water partition coefficient (Wildman–Crippen LogP) is 3.18. The lowest BCUT2D eigenvalue weighted by Gasteiger charge is -2.38. The first kappa shape index (κ1) is 18.8. The van der Waals surface area contributed by atoms with E-state index in [2.05, 4.69) is 25.8 Å². The van der Waals surface area contributed by atoms with Crippen LogP contribution in [0, 0.1) is 23.7 Å². The third-order valence-electron chi connectivity index (χ3n) is 6.05. The summed E-state index contributed by atoms with van der Waals surface area (Å²) in [4.78, 5) is 14.7. The van der Waals surface area contributed by atoms with Crippen LogP contribution in [-0.4, -0.2) is 49.3 Å². The number of hydrogen-bond donors (Lipinski definition) is 1. The van der Waals surface area contributed by atoms with Crippen molar-refractivity contribution in [1.29, 1.82) is 0 Å². The Labute approximate surface area is 155 Å². The Balaban J connectivity index is 1.61. The van der Waals surface area contributed by atoms with Gasteiger partial charge >= 0.3 is 5.97 Å². The van der Waals surface area contributed by atoms with E-state index in [9.17, 15) is 9.90 Å². The third kappa shape index (κ3) is 3.88. The molecule has 0 spiro atoms. The fraction of sp³-hybridized carbons (Fsp3) is 0.571. The number of phenolic OH excluding ortho intramolecular Hbond substituents is 1. The summed E-state index contributed by atoms with van der Waals surface area (Å²) in [6, 6.07) is 4.96. The van der Waals surface area contributed by atoms with Gasteiger partial charge in [-0.1, -0.05) is 19.9 Å². The van der Waals surface area contributed by atoms with Crippen LogP contribution in [0.25, 0.3) is 6.08 Å². The molecule has 1 saturated heterocycles. The number of piperidine rings is 1. The molecule has 3 rings (SSSR count). The van der Waals surface area contributed by atoms with E-state index in [1.54, 1.807) is 24.3 Å². The lowest BCUT2D eigenvalue weighted by Crippen LogP contribution is -2.42. The van der Waals surface area contributed by atoms with Crippen LogP contribution in [0.1, 0.15) is 25.8 Å². The molecule has 0 amide bonds. The Morgan fingerprint density at radius 2 is 2.04 bits per heavy atom. The molecule has 0 radical (unpaired) electrons. The Bertz CT molecular complexity index is 687. The van der Waals surface area contributed by atoms with Gasteiger partial charge in [0, 0.05) is 19.2 Å². The first-order valence-electron chi connectivity index (χ1n) is 9.33. The molecule has 1 heterocycles. The molecular formula is C21H29NO4. The van der Waals surface area contributed by atoms with Crippen LogP contribution in [-0.2, 0) is 9.53 Å². The van der Waals surface area contributed by atoms with Crippen LogP contribution in [0.3, 0.4) is 0 Å². The van der Waals surface area contributed by atoms with Crippen molar-refractivity contribution in [2.45, 2.75) is 26.4 Å². The zero-order valence-corrected chi connectivity index (χ0v) is 16.0. The molecule has 142 valence electrons. The number of benzene rings is 1. The van der Waals surface area contributed by atoms with Crippen LogP contribution >= 0.6 is 0 Å². The van der Waals surface area contributed by atoms with Crippen LogP contribution in [0.15, 0.2) is 24.3 Å². The minimum absolute atomic E-state index is 0.00884. The lowest BCUT2D eigenvalue weighted by molar-refractivity contribution is -0.144. The Hall–Kier alpha value is -2.01. The van der Waals surface area contributed by atoms with Gasteiger partial charge in [-0.3, -0.25) is 0 Å². The molecule has 1 aromatic carbocycles. The summed E-state index contributed by atoms with van der Waals surface area (Å²) in [5.41, 5.74) is 0.778. The smallest absolute Gasteiger partial charge is 0.331 e. The van der Waals surface area contributed by atoms with Crippen molar-refractivity contribution >= 4 is 12.0 Å². The van der Waals surface area contributed by atoms with Gasteiger partial charge in [0.2, 0.25) is 0 Å². The highest BCUT2D eigenvalue weighted by molar-refractivity contribution is 5.87. The van der Waals surface area contributed by atoms with Crippen LogP contribution in [0.4, 0.5) is 0 Å². The molecule has 26 heavy (non-hydrogen) atoms. The minimum atomic E-state index is -0.312. The van der Waals surface area contributed by atoms with Gasteiger partial charge in [0.05, 0.1) is 7.11 Å². The number of ether oxygens (including phenoxy) is 2. The van der Waals surface area contributed by atoms with E-state index >= 15 is 0 Å². The predicted molar refractivity (Wildman–Crippen MR) is 101 cm³/mol. The standard InChI is InChI=1S/C21H29NO4/c1-13-11-22(3)12-17-14(2)19(10-16(13)17)26-21(24)8-6-15-5-7-18(23)20(9-15)25-4/h5-9,13-14,16-17,19,23H,10-12H2,1-4H3/b8-6+/t13-,14-,16-,17+,19+/m1/s1. The average molecular weight is 359 g/mol. The first-order valence-corrected chi connectivity index (χ1v) is 9.33. The maximum Gasteiger partial charge on any atom is 0.331 e. The van der Waals surface area contributed by atoms with Crippen molar-refractivity contribution in [1.82, 2.24) is 4.90 Å². The highest BCUT2D eigenvalue weighted by Gasteiger charge is 2.47. The number of aromatic hydroxyl groups is 1. The van der Waals surface area contributed by atoms with Gasteiger partial charge in [-0.25, -0.2) is 4.79 Å². The van der Waals surface area contributed by atoms with Crippen molar-refractivity contribution < 1.29 is 19.4 Å². The molecule has 2 fully saturated rings. The Morgan fingerprint density at radius 1 is 1.27 bits per heavy atom. The Morgan fingerprint density at radius 3 is 2.77 bits per heavy atom. The Kier molecular flexibility index (Phi) is 5.56. The monoisotopic (exact) mass is 359 g/mol. The van der Waals surface area contributed by atoms with Gasteiger partial charge in [-0.15, -0.1) is 0 Å². The third-order valence-corrected chi connectivity index (χ3v) is 6.05. The number of phenols is 1. The average Bonchev–Trinajstić information content (AvgIpc) is 2.91. The lowest BCUT2D eigenvalue weighted by atomic mass is 9.79. The van der Waals surface area contributed by atoms with E-state index in [-0.39, 0.29) is 17.8 Å². The number of likely N-dealkylation sites (tertiary alicyclic amines) is 1. The summed E-state index contributed by atoms with van der Waals surface area (Å²) in [5, 5.41) is 9.63. The number of hydrogen-bond acceptors (Lipinski definition) is 5. The molecule has 1 N–H and O–H groups in total. The van der Waals surface area contributed by atoms with Gasteiger partial charge in [-0.05, 0) is 60.9 Å². The zero-order valence-electron chi connectivity index (χ0n) is 16.0. The molecule has 1 aromatic rings. The number of methoxy groups -OCH3 is 1. The molecular weight excluding hydrogens is 330 g/mol. The van der Waals surface area contributed by atoms with Crippen LogP contribution < -0.4 is 4.74 Å². The first-order chi connectivity index (χ1) is 12.4. The molecule has 5 atom stereocenters. The zero-order chi connectivity index (χ0) is 18.8. The summed E-state index contributed by atoms with van der Waals surface area (Å²) in [6.07, 6.45) is 4.10. The van der Waals surface area contributed by atoms with Crippen molar-refractivity contribution in [3.05, 3.63) is 29.8 Å². The normalized spacial score (nSPS) is 31.8. The van der Waals surface area contributed by atoms with Gasteiger partial charge < -0.3 is 19.5 Å².